The van der Waals surface area contributed by atoms with Crippen LogP contribution in [0.25, 0.3) is 0 Å². The van der Waals surface area contributed by atoms with Gasteiger partial charge >= 0.3 is 143 Å². The van der Waals surface area contributed by atoms with E-state index >= 15 is 0 Å². The van der Waals surface area contributed by atoms with Crippen LogP contribution in [0.15, 0.2) is 18.2 Å². The second-order valence-electron chi connectivity index (χ2n) is 3.36. The Bertz CT molecular complexity index is 575. The summed E-state index contributed by atoms with van der Waals surface area (Å²) < 4.78 is 33.4. The third-order valence-electron chi connectivity index (χ3n) is 2.01. The Morgan fingerprint density at radius 1 is 1.19 bits per heavy atom. The van der Waals surface area contributed by atoms with E-state index in [4.69, 9.17) is 12.9 Å². The zero-order valence-electron chi connectivity index (χ0n) is 10.7. The standard InChI is InChI=1S/C8H9AsN2O9.Na/c12-9(13,14)6-1-2-8(7(5-6)10(15)16)19-3-4-20-11(17)18;/h1-2,5H,3-4H2,(H2,12,13,14);/q;+1. The molecule has 1 aromatic rings. The van der Waals surface area contributed by atoms with Crippen LogP contribution in [0.2, 0.25) is 0 Å². The van der Waals surface area contributed by atoms with Gasteiger partial charge in [-0.25, -0.2) is 0 Å². The van der Waals surface area contributed by atoms with Crippen molar-refractivity contribution >= 4 is 24.2 Å². The van der Waals surface area contributed by atoms with Gasteiger partial charge in [-0.2, -0.15) is 0 Å². The largest absolute Gasteiger partial charge is 1.00 e. The van der Waals surface area contributed by atoms with Crippen molar-refractivity contribution in [2.24, 2.45) is 0 Å². The molecule has 2 N–H and O–H groups in total. The second-order valence-corrected chi connectivity index (χ2v) is 6.72. The second kappa shape index (κ2) is 8.37. The molecule has 21 heavy (non-hydrogen) atoms. The number of hydrogen-bond donors (Lipinski definition) is 2. The van der Waals surface area contributed by atoms with E-state index in [-0.39, 0.29) is 41.9 Å². The topological polar surface area (TPSA) is 162 Å². The molecule has 0 radical (unpaired) electrons. The molecule has 0 heterocycles. The summed E-state index contributed by atoms with van der Waals surface area (Å²) >= 11 is -5.25. The minimum Gasteiger partial charge on any atom is 1.00 e. The molecule has 0 aliphatic rings. The molecular formula is C8H9AsN2NaO9+. The van der Waals surface area contributed by atoms with Crippen LogP contribution in [0.5, 0.6) is 5.75 Å². The minimum absolute atomic E-state index is 0. The smallest absolute Gasteiger partial charge is 1.00 e. The third-order valence-corrected chi connectivity index (χ3v) is 4.01. The van der Waals surface area contributed by atoms with Crippen molar-refractivity contribution in [1.82, 2.24) is 0 Å². The van der Waals surface area contributed by atoms with Crippen LogP contribution in [-0.2, 0) is 8.58 Å². The molecule has 0 amide bonds. The predicted octanol–water partition coefficient (Wildman–Crippen LogP) is -4.25. The summed E-state index contributed by atoms with van der Waals surface area (Å²) in [6.07, 6.45) is 0. The van der Waals surface area contributed by atoms with Crippen LogP contribution in [0, 0.1) is 20.2 Å². The molecule has 0 saturated carbocycles. The van der Waals surface area contributed by atoms with E-state index in [1.54, 1.807) is 0 Å². The Hall–Kier alpha value is -1.10. The van der Waals surface area contributed by atoms with E-state index < -0.39 is 40.8 Å². The fourth-order valence-corrected chi connectivity index (χ4v) is 2.39. The van der Waals surface area contributed by atoms with Gasteiger partial charge in [0.15, 0.2) is 0 Å². The molecule has 1 aromatic carbocycles. The van der Waals surface area contributed by atoms with Gasteiger partial charge in [0.05, 0.1) is 0 Å². The maximum Gasteiger partial charge on any atom is 1.00 e. The molecule has 0 aromatic heterocycles. The van der Waals surface area contributed by atoms with Crippen LogP contribution < -0.4 is 38.6 Å². The van der Waals surface area contributed by atoms with Gasteiger partial charge < -0.3 is 0 Å². The van der Waals surface area contributed by atoms with Crippen molar-refractivity contribution in [3.8, 4) is 5.75 Å². The van der Waals surface area contributed by atoms with Gasteiger partial charge in [-0.15, -0.1) is 0 Å². The molecule has 0 aliphatic heterocycles. The Kier molecular flexibility index (Phi) is 7.93. The molecule has 0 unspecified atom stereocenters. The van der Waals surface area contributed by atoms with Gasteiger partial charge in [0.2, 0.25) is 0 Å². The summed E-state index contributed by atoms with van der Waals surface area (Å²) in [5.41, 5.74) is -0.645. The summed E-state index contributed by atoms with van der Waals surface area (Å²) in [6, 6.07) is 2.72. The fraction of sp³-hybridized carbons (Fsp3) is 0.250. The molecule has 0 aliphatic carbocycles. The molecule has 11 nitrogen and oxygen atoms in total. The molecule has 0 fully saturated rings. The van der Waals surface area contributed by atoms with Crippen molar-refractivity contribution < 1.29 is 61.1 Å². The molecule has 0 saturated heterocycles. The van der Waals surface area contributed by atoms with E-state index in [1.807, 2.05) is 0 Å². The number of hydrogen-bond acceptors (Lipinski definition) is 7. The van der Waals surface area contributed by atoms with Gasteiger partial charge in [-0.05, 0) is 0 Å². The van der Waals surface area contributed by atoms with Crippen LogP contribution in [0.3, 0.4) is 0 Å². The van der Waals surface area contributed by atoms with Crippen LogP contribution >= 0.6 is 0 Å². The summed E-state index contributed by atoms with van der Waals surface area (Å²) in [6.45, 7) is -0.768. The molecule has 110 valence electrons. The number of benzene rings is 1. The van der Waals surface area contributed by atoms with E-state index in [0.717, 1.165) is 12.1 Å². The summed E-state index contributed by atoms with van der Waals surface area (Å²) in [7, 11) is 0. The maximum atomic E-state index is 11.1. The van der Waals surface area contributed by atoms with Crippen LogP contribution in [0.1, 0.15) is 0 Å². The fourth-order valence-electron chi connectivity index (χ4n) is 1.22. The Labute approximate surface area is 142 Å². The van der Waals surface area contributed by atoms with Crippen LogP contribution in [0.4, 0.5) is 5.69 Å². The van der Waals surface area contributed by atoms with E-state index in [2.05, 4.69) is 4.84 Å². The predicted molar refractivity (Wildman–Crippen MR) is 62.0 cm³/mol. The molecule has 0 bridgehead atoms. The van der Waals surface area contributed by atoms with E-state index in [0.29, 0.717) is 6.07 Å². The van der Waals surface area contributed by atoms with Crippen molar-refractivity contribution in [2.75, 3.05) is 13.2 Å². The van der Waals surface area contributed by atoms with Gasteiger partial charge in [0.1, 0.15) is 0 Å². The van der Waals surface area contributed by atoms with Gasteiger partial charge in [-0.3, -0.25) is 0 Å². The molecule has 1 rings (SSSR count). The number of nitro groups is 1. The quantitative estimate of drug-likeness (QED) is 0.208. The van der Waals surface area contributed by atoms with Crippen molar-refractivity contribution in [3.05, 3.63) is 38.4 Å². The Morgan fingerprint density at radius 3 is 2.29 bits per heavy atom. The first kappa shape index (κ1) is 19.9. The maximum absolute atomic E-state index is 11.1. The van der Waals surface area contributed by atoms with Gasteiger partial charge in [0.25, 0.3) is 0 Å². The van der Waals surface area contributed by atoms with E-state index in [9.17, 15) is 24.0 Å². The van der Waals surface area contributed by atoms with Crippen molar-refractivity contribution in [2.45, 2.75) is 0 Å². The SMILES string of the molecule is O=[N+]([O-])OCCOc1ccc([As](=O)(O)O)cc1[N+](=O)[O-].[Na+]. The molecule has 0 atom stereocenters. The Balaban J connectivity index is 0.00000400. The van der Waals surface area contributed by atoms with Gasteiger partial charge in [0, 0.05) is 0 Å². The molecular weight excluding hydrogens is 366 g/mol. The van der Waals surface area contributed by atoms with Crippen molar-refractivity contribution in [1.29, 1.82) is 0 Å². The van der Waals surface area contributed by atoms with Crippen molar-refractivity contribution in [3.63, 3.8) is 0 Å². The number of nitrogens with zero attached hydrogens (tertiary/aromatic N) is 2. The first-order chi connectivity index (χ1) is 9.21. The zero-order chi connectivity index (χ0) is 15.3. The van der Waals surface area contributed by atoms with Crippen LogP contribution in [-0.4, -0.2) is 45.6 Å². The molecule has 13 heteroatoms. The van der Waals surface area contributed by atoms with E-state index in [1.165, 1.54) is 0 Å². The van der Waals surface area contributed by atoms with Gasteiger partial charge in [-0.1, -0.05) is 0 Å². The first-order valence-electron chi connectivity index (χ1n) is 4.96. The Morgan fingerprint density at radius 2 is 1.81 bits per heavy atom. The summed E-state index contributed by atoms with van der Waals surface area (Å²) in [5.74, 6) is -0.269. The summed E-state index contributed by atoms with van der Waals surface area (Å²) in [5, 5.41) is 19.6. The molecule has 0 spiro atoms. The number of nitro benzene ring substituents is 1. The average molecular weight is 375 g/mol. The number of ether oxygens (including phenoxy) is 1. The summed E-state index contributed by atoms with van der Waals surface area (Å²) in [4.78, 5) is 23.7. The zero-order valence-corrected chi connectivity index (χ0v) is 14.6. The monoisotopic (exact) mass is 375 g/mol. The average Bonchev–Trinajstić information content (AvgIpc) is 2.33. The number of rotatable bonds is 7. The minimum atomic E-state index is -5.25. The normalized spacial score (nSPS) is 10.4. The first-order valence-corrected chi connectivity index (χ1v) is 8.35. The third kappa shape index (κ3) is 6.46.